The number of nitrogens with zero attached hydrogens (tertiary/aromatic N) is 4. The molecule has 25 heavy (non-hydrogen) atoms. The van der Waals surface area contributed by atoms with Gasteiger partial charge < -0.3 is 4.90 Å². The molecule has 1 aliphatic heterocycles. The fourth-order valence-electron chi connectivity index (χ4n) is 2.90. The maximum absolute atomic E-state index is 13.8. The number of pyridine rings is 2. The fraction of sp³-hybridized carbons (Fsp3) is 0.294. The van der Waals surface area contributed by atoms with Gasteiger partial charge in [0.15, 0.2) is 11.0 Å². The average molecular weight is 363 g/mol. The highest BCUT2D eigenvalue weighted by Crippen LogP contribution is 2.39. The lowest BCUT2D eigenvalue weighted by Gasteiger charge is -2.30. The summed E-state index contributed by atoms with van der Waals surface area (Å²) < 4.78 is 13.8. The van der Waals surface area contributed by atoms with E-state index in [4.69, 9.17) is 11.6 Å². The molecule has 0 saturated heterocycles. The molecule has 0 radical (unpaired) electrons. The van der Waals surface area contributed by atoms with E-state index in [0.717, 1.165) is 16.9 Å². The van der Waals surface area contributed by atoms with Crippen LogP contribution in [-0.4, -0.2) is 21.4 Å². The zero-order valence-electron chi connectivity index (χ0n) is 14.0. The van der Waals surface area contributed by atoms with Gasteiger partial charge in [0.05, 0.1) is 16.3 Å². The Balaban J connectivity index is 2.27. The van der Waals surface area contributed by atoms with Crippen molar-refractivity contribution in [1.29, 1.82) is 0 Å². The second kappa shape index (κ2) is 6.40. The van der Waals surface area contributed by atoms with E-state index in [1.807, 2.05) is 26.8 Å². The molecule has 2 aromatic heterocycles. The third kappa shape index (κ3) is 3.07. The molecule has 0 amide bonds. The number of rotatable bonds is 3. The normalized spacial score (nSPS) is 13.7. The summed E-state index contributed by atoms with van der Waals surface area (Å²) in [4.78, 5) is 21.1. The summed E-state index contributed by atoms with van der Waals surface area (Å²) in [6.07, 6.45) is 3.04. The number of aromatic nitrogens is 2. The van der Waals surface area contributed by atoms with Gasteiger partial charge in [-0.3, -0.25) is 15.1 Å². The number of aryl methyl sites for hydroxylation is 1. The van der Waals surface area contributed by atoms with Gasteiger partial charge in [-0.05, 0) is 30.5 Å². The van der Waals surface area contributed by atoms with Crippen LogP contribution in [-0.2, 0) is 0 Å². The molecule has 0 fully saturated rings. The van der Waals surface area contributed by atoms with E-state index in [0.29, 0.717) is 11.4 Å². The van der Waals surface area contributed by atoms with Gasteiger partial charge in [-0.15, -0.1) is 0 Å². The Morgan fingerprint density at radius 2 is 2.16 bits per heavy atom. The number of hydrogen-bond donors (Lipinski definition) is 0. The standard InChI is InChI=1S/C17H16ClFN4O2/c1-9(2)14-15(10(3)4-5-20-14)22-8-12(23(24)25)6-11-7-13(19)16(18)21-17(11)22/h4-7,9H,8H2,1-3H3. The van der Waals surface area contributed by atoms with Gasteiger partial charge in [-0.25, -0.2) is 9.37 Å². The molecule has 8 heteroatoms. The van der Waals surface area contributed by atoms with Crippen molar-refractivity contribution in [2.75, 3.05) is 11.4 Å². The zero-order chi connectivity index (χ0) is 18.3. The van der Waals surface area contributed by atoms with Crippen molar-refractivity contribution in [2.45, 2.75) is 26.7 Å². The molecular formula is C17H16ClFN4O2. The first-order valence-electron chi connectivity index (χ1n) is 7.73. The summed E-state index contributed by atoms with van der Waals surface area (Å²) in [7, 11) is 0. The fourth-order valence-corrected chi connectivity index (χ4v) is 3.03. The third-order valence-electron chi connectivity index (χ3n) is 4.05. The van der Waals surface area contributed by atoms with Crippen molar-refractivity contribution in [3.05, 3.63) is 61.9 Å². The monoisotopic (exact) mass is 362 g/mol. The summed E-state index contributed by atoms with van der Waals surface area (Å²) >= 11 is 5.86. The molecule has 0 aromatic carbocycles. The van der Waals surface area contributed by atoms with E-state index in [2.05, 4.69) is 9.97 Å². The molecule has 0 N–H and O–H groups in total. The van der Waals surface area contributed by atoms with E-state index in [-0.39, 0.29) is 23.3 Å². The molecule has 3 rings (SSSR count). The largest absolute Gasteiger partial charge is 0.313 e. The number of nitro groups is 1. The Morgan fingerprint density at radius 3 is 2.80 bits per heavy atom. The van der Waals surface area contributed by atoms with E-state index < -0.39 is 10.7 Å². The highest BCUT2D eigenvalue weighted by molar-refractivity contribution is 6.29. The van der Waals surface area contributed by atoms with Crippen LogP contribution in [0.2, 0.25) is 5.15 Å². The number of anilines is 2. The molecule has 0 aliphatic carbocycles. The maximum atomic E-state index is 13.8. The van der Waals surface area contributed by atoms with Crippen molar-refractivity contribution in [2.24, 2.45) is 0 Å². The van der Waals surface area contributed by atoms with E-state index in [1.165, 1.54) is 12.1 Å². The Morgan fingerprint density at radius 1 is 1.44 bits per heavy atom. The molecule has 0 saturated carbocycles. The minimum Gasteiger partial charge on any atom is -0.313 e. The minimum atomic E-state index is -0.715. The SMILES string of the molecule is Cc1ccnc(C(C)C)c1N1CC([N+](=O)[O-])=Cc2cc(F)c(Cl)nc21. The topological polar surface area (TPSA) is 72.2 Å². The molecule has 6 nitrogen and oxygen atoms in total. The lowest BCUT2D eigenvalue weighted by atomic mass is 10.0. The van der Waals surface area contributed by atoms with Crippen molar-refractivity contribution in [3.8, 4) is 0 Å². The average Bonchev–Trinajstić information content (AvgIpc) is 2.55. The van der Waals surface area contributed by atoms with Crippen LogP contribution in [0.15, 0.2) is 24.0 Å². The first-order valence-corrected chi connectivity index (χ1v) is 8.11. The third-order valence-corrected chi connectivity index (χ3v) is 4.31. The molecule has 0 spiro atoms. The number of halogens is 2. The van der Waals surface area contributed by atoms with E-state index >= 15 is 0 Å². The summed E-state index contributed by atoms with van der Waals surface area (Å²) in [6, 6.07) is 3.00. The smallest absolute Gasteiger partial charge is 0.266 e. The van der Waals surface area contributed by atoms with Crippen LogP contribution in [0.3, 0.4) is 0 Å². The van der Waals surface area contributed by atoms with Crippen LogP contribution in [0.25, 0.3) is 6.08 Å². The van der Waals surface area contributed by atoms with Gasteiger partial charge in [-0.1, -0.05) is 25.4 Å². The quantitative estimate of drug-likeness (QED) is 0.457. The van der Waals surface area contributed by atoms with Crippen molar-refractivity contribution in [1.82, 2.24) is 9.97 Å². The molecule has 0 unspecified atom stereocenters. The summed E-state index contributed by atoms with van der Waals surface area (Å²) in [5.74, 6) is -0.234. The number of hydrogen-bond acceptors (Lipinski definition) is 5. The Bertz CT molecular complexity index is 898. The summed E-state index contributed by atoms with van der Waals surface area (Å²) in [5, 5.41) is 11.1. The first kappa shape index (κ1) is 17.3. The van der Waals surface area contributed by atoms with Gasteiger partial charge in [0.2, 0.25) is 0 Å². The van der Waals surface area contributed by atoms with Crippen LogP contribution in [0.4, 0.5) is 15.9 Å². The summed E-state index contributed by atoms with van der Waals surface area (Å²) in [5.41, 5.74) is 2.70. The zero-order valence-corrected chi connectivity index (χ0v) is 14.7. The Hall–Kier alpha value is -2.54. The van der Waals surface area contributed by atoms with E-state index in [1.54, 1.807) is 11.1 Å². The predicted molar refractivity (Wildman–Crippen MR) is 94.2 cm³/mol. The van der Waals surface area contributed by atoms with Gasteiger partial charge in [0.1, 0.15) is 12.4 Å². The molecule has 130 valence electrons. The van der Waals surface area contributed by atoms with E-state index in [9.17, 15) is 14.5 Å². The Labute approximate surface area is 149 Å². The van der Waals surface area contributed by atoms with Gasteiger partial charge in [-0.2, -0.15) is 0 Å². The lowest BCUT2D eigenvalue weighted by Crippen LogP contribution is -2.29. The van der Waals surface area contributed by atoms with Crippen LogP contribution < -0.4 is 4.90 Å². The van der Waals surface area contributed by atoms with Crippen molar-refractivity contribution in [3.63, 3.8) is 0 Å². The van der Waals surface area contributed by atoms with Crippen molar-refractivity contribution < 1.29 is 9.31 Å². The number of fused-ring (bicyclic) bond motifs is 1. The predicted octanol–water partition coefficient (Wildman–Crippen LogP) is 4.47. The van der Waals surface area contributed by atoms with Crippen molar-refractivity contribution >= 4 is 29.2 Å². The van der Waals surface area contributed by atoms with Gasteiger partial charge >= 0.3 is 0 Å². The molecule has 2 aromatic rings. The maximum Gasteiger partial charge on any atom is 0.266 e. The van der Waals surface area contributed by atoms with Crippen LogP contribution in [0.1, 0.15) is 36.6 Å². The van der Waals surface area contributed by atoms with Gasteiger partial charge in [0.25, 0.3) is 5.70 Å². The molecule has 3 heterocycles. The van der Waals surface area contributed by atoms with Crippen LogP contribution >= 0.6 is 11.6 Å². The Kier molecular flexibility index (Phi) is 4.43. The molecule has 0 atom stereocenters. The van der Waals surface area contributed by atoms with Gasteiger partial charge in [0, 0.05) is 17.8 Å². The first-order chi connectivity index (χ1) is 11.8. The molecule has 1 aliphatic rings. The summed E-state index contributed by atoms with van der Waals surface area (Å²) in [6.45, 7) is 5.88. The highest BCUT2D eigenvalue weighted by atomic mass is 35.5. The van der Waals surface area contributed by atoms with Crippen LogP contribution in [0, 0.1) is 22.9 Å². The second-order valence-corrected chi connectivity index (χ2v) is 6.53. The second-order valence-electron chi connectivity index (χ2n) is 6.17. The lowest BCUT2D eigenvalue weighted by molar-refractivity contribution is -0.423. The van der Waals surface area contributed by atoms with Crippen LogP contribution in [0.5, 0.6) is 0 Å². The molecular weight excluding hydrogens is 347 g/mol. The highest BCUT2D eigenvalue weighted by Gasteiger charge is 2.31. The minimum absolute atomic E-state index is 0.00120. The molecule has 0 bridgehead atoms.